The van der Waals surface area contributed by atoms with Gasteiger partial charge in [-0.3, -0.25) is 4.79 Å². The summed E-state index contributed by atoms with van der Waals surface area (Å²) in [5.41, 5.74) is 5.18. The number of benzene rings is 1. The number of ether oxygens (including phenoxy) is 1. The molecule has 0 spiro atoms. The van der Waals surface area contributed by atoms with Gasteiger partial charge in [0.15, 0.2) is 0 Å². The van der Waals surface area contributed by atoms with Crippen LogP contribution in [0.2, 0.25) is 10.0 Å². The molecule has 1 heterocycles. The van der Waals surface area contributed by atoms with Crippen LogP contribution in [0.3, 0.4) is 0 Å². The lowest BCUT2D eigenvalue weighted by Crippen LogP contribution is -2.13. The maximum absolute atomic E-state index is 13.3. The third kappa shape index (κ3) is 3.13. The second-order valence-corrected chi connectivity index (χ2v) is 4.39. The van der Waals surface area contributed by atoms with Crippen LogP contribution in [-0.4, -0.2) is 10.9 Å². The molecule has 0 fully saturated rings. The number of rotatable bonds is 3. The highest BCUT2D eigenvalue weighted by Gasteiger charge is 2.13. The smallest absolute Gasteiger partial charge is 0.254 e. The van der Waals surface area contributed by atoms with E-state index in [-0.39, 0.29) is 27.2 Å². The first-order chi connectivity index (χ1) is 8.97. The van der Waals surface area contributed by atoms with Crippen molar-refractivity contribution in [3.8, 4) is 11.6 Å². The maximum atomic E-state index is 13.3. The fourth-order valence-corrected chi connectivity index (χ4v) is 1.61. The van der Waals surface area contributed by atoms with Gasteiger partial charge in [0.25, 0.3) is 5.91 Å². The first kappa shape index (κ1) is 13.6. The zero-order chi connectivity index (χ0) is 14.0. The van der Waals surface area contributed by atoms with Crippen molar-refractivity contribution in [2.75, 3.05) is 0 Å². The lowest BCUT2D eigenvalue weighted by Gasteiger charge is -2.08. The van der Waals surface area contributed by atoms with Crippen LogP contribution in [0.4, 0.5) is 4.39 Å². The van der Waals surface area contributed by atoms with Crippen LogP contribution < -0.4 is 10.5 Å². The molecule has 0 aliphatic carbocycles. The average molecular weight is 301 g/mol. The van der Waals surface area contributed by atoms with Gasteiger partial charge in [-0.15, -0.1) is 0 Å². The van der Waals surface area contributed by atoms with Gasteiger partial charge in [-0.05, 0) is 18.2 Å². The van der Waals surface area contributed by atoms with Crippen LogP contribution in [0.1, 0.15) is 10.4 Å². The number of nitrogens with two attached hydrogens (primary N) is 1. The van der Waals surface area contributed by atoms with Gasteiger partial charge in [-0.25, -0.2) is 9.37 Å². The van der Waals surface area contributed by atoms with E-state index in [1.807, 2.05) is 0 Å². The molecule has 2 aromatic rings. The summed E-state index contributed by atoms with van der Waals surface area (Å²) in [7, 11) is 0. The van der Waals surface area contributed by atoms with E-state index in [1.54, 1.807) is 0 Å². The summed E-state index contributed by atoms with van der Waals surface area (Å²) < 4.78 is 18.6. The summed E-state index contributed by atoms with van der Waals surface area (Å²) in [6, 6.07) is 5.15. The summed E-state index contributed by atoms with van der Waals surface area (Å²) in [6.07, 6.45) is 1.29. The Balaban J connectivity index is 2.37. The summed E-state index contributed by atoms with van der Waals surface area (Å²) in [6.45, 7) is 0. The monoisotopic (exact) mass is 300 g/mol. The Hall–Kier alpha value is -1.85. The van der Waals surface area contributed by atoms with E-state index in [2.05, 4.69) is 4.98 Å². The molecule has 0 saturated heterocycles. The van der Waals surface area contributed by atoms with Crippen molar-refractivity contribution in [2.24, 2.45) is 5.73 Å². The summed E-state index contributed by atoms with van der Waals surface area (Å²) in [4.78, 5) is 15.1. The topological polar surface area (TPSA) is 65.2 Å². The van der Waals surface area contributed by atoms with Gasteiger partial charge in [0, 0.05) is 12.3 Å². The molecule has 0 atom stereocenters. The van der Waals surface area contributed by atoms with Crippen LogP contribution >= 0.6 is 23.2 Å². The van der Waals surface area contributed by atoms with Crippen LogP contribution in [0.25, 0.3) is 0 Å². The Kier molecular flexibility index (Phi) is 3.87. The quantitative estimate of drug-likeness (QED) is 0.944. The number of hydrogen-bond acceptors (Lipinski definition) is 3. The molecule has 1 aromatic heterocycles. The minimum absolute atomic E-state index is 0.00265. The first-order valence-corrected chi connectivity index (χ1v) is 5.81. The molecule has 1 amide bonds. The van der Waals surface area contributed by atoms with Crippen molar-refractivity contribution in [3.05, 3.63) is 51.9 Å². The van der Waals surface area contributed by atoms with Gasteiger partial charge >= 0.3 is 0 Å². The lowest BCUT2D eigenvalue weighted by atomic mass is 10.2. The van der Waals surface area contributed by atoms with Gasteiger partial charge in [-0.1, -0.05) is 23.2 Å². The highest BCUT2D eigenvalue weighted by Crippen LogP contribution is 2.27. The molecule has 0 unspecified atom stereocenters. The first-order valence-electron chi connectivity index (χ1n) is 5.05. The van der Waals surface area contributed by atoms with E-state index in [4.69, 9.17) is 33.7 Å². The highest BCUT2D eigenvalue weighted by molar-refractivity contribution is 6.31. The molecule has 2 rings (SSSR count). The third-order valence-corrected chi connectivity index (χ3v) is 2.70. The van der Waals surface area contributed by atoms with E-state index < -0.39 is 11.7 Å². The summed E-state index contributed by atoms with van der Waals surface area (Å²) in [5, 5.41) is 0.204. The largest absolute Gasteiger partial charge is 0.438 e. The molecule has 0 radical (unpaired) electrons. The number of pyridine rings is 1. The summed E-state index contributed by atoms with van der Waals surface area (Å²) in [5.74, 6) is -1.31. The SMILES string of the molecule is NC(=O)c1cc(Cl)cnc1Oc1ccc(Cl)c(F)c1. The molecule has 7 heteroatoms. The number of aromatic nitrogens is 1. The molecule has 0 aliphatic rings. The maximum Gasteiger partial charge on any atom is 0.254 e. The van der Waals surface area contributed by atoms with Crippen LogP contribution in [0.5, 0.6) is 11.6 Å². The van der Waals surface area contributed by atoms with E-state index >= 15 is 0 Å². The van der Waals surface area contributed by atoms with Crippen molar-refractivity contribution < 1.29 is 13.9 Å². The van der Waals surface area contributed by atoms with Gasteiger partial charge in [0.2, 0.25) is 5.88 Å². The van der Waals surface area contributed by atoms with Gasteiger partial charge < -0.3 is 10.5 Å². The number of halogens is 3. The number of carbonyl (C=O) groups is 1. The molecular weight excluding hydrogens is 294 g/mol. The Morgan fingerprint density at radius 1 is 1.32 bits per heavy atom. The van der Waals surface area contributed by atoms with E-state index in [1.165, 1.54) is 24.4 Å². The van der Waals surface area contributed by atoms with E-state index in [0.29, 0.717) is 0 Å². The standard InChI is InChI=1S/C12H7Cl2FN2O2/c13-6-3-8(11(16)18)12(17-5-6)19-7-1-2-9(14)10(15)4-7/h1-5H,(H2,16,18). The van der Waals surface area contributed by atoms with Crippen molar-refractivity contribution in [1.82, 2.24) is 4.98 Å². The molecule has 19 heavy (non-hydrogen) atoms. The minimum atomic E-state index is -0.751. The molecular formula is C12H7Cl2FN2O2. The lowest BCUT2D eigenvalue weighted by molar-refractivity contribution is 0.0997. The van der Waals surface area contributed by atoms with Crippen molar-refractivity contribution >= 4 is 29.1 Å². The summed E-state index contributed by atoms with van der Waals surface area (Å²) >= 11 is 11.3. The number of primary amides is 1. The zero-order valence-corrected chi connectivity index (χ0v) is 10.9. The van der Waals surface area contributed by atoms with Crippen LogP contribution in [-0.2, 0) is 0 Å². The Morgan fingerprint density at radius 3 is 2.68 bits per heavy atom. The van der Waals surface area contributed by atoms with Crippen molar-refractivity contribution in [2.45, 2.75) is 0 Å². The Labute approximate surface area is 117 Å². The molecule has 0 saturated carbocycles. The van der Waals surface area contributed by atoms with Crippen LogP contribution in [0.15, 0.2) is 30.5 Å². The molecule has 2 N–H and O–H groups in total. The Bertz CT molecular complexity index is 650. The van der Waals surface area contributed by atoms with Crippen molar-refractivity contribution in [3.63, 3.8) is 0 Å². The minimum Gasteiger partial charge on any atom is -0.438 e. The van der Waals surface area contributed by atoms with Crippen LogP contribution in [0, 0.1) is 5.82 Å². The van der Waals surface area contributed by atoms with Gasteiger partial charge in [-0.2, -0.15) is 0 Å². The fraction of sp³-hybridized carbons (Fsp3) is 0. The second-order valence-electron chi connectivity index (χ2n) is 3.55. The van der Waals surface area contributed by atoms with E-state index in [9.17, 15) is 9.18 Å². The molecule has 0 bridgehead atoms. The number of carbonyl (C=O) groups excluding carboxylic acids is 1. The fourth-order valence-electron chi connectivity index (χ4n) is 1.34. The normalized spacial score (nSPS) is 10.3. The van der Waals surface area contributed by atoms with Gasteiger partial charge in [0.1, 0.15) is 17.1 Å². The predicted molar refractivity (Wildman–Crippen MR) is 69.2 cm³/mol. The molecule has 4 nitrogen and oxygen atoms in total. The molecule has 98 valence electrons. The predicted octanol–water partition coefficient (Wildman–Crippen LogP) is 3.42. The zero-order valence-electron chi connectivity index (χ0n) is 9.36. The third-order valence-electron chi connectivity index (χ3n) is 2.19. The Morgan fingerprint density at radius 2 is 2.05 bits per heavy atom. The number of hydrogen-bond donors (Lipinski definition) is 1. The molecule has 1 aromatic carbocycles. The van der Waals surface area contributed by atoms with Gasteiger partial charge in [0.05, 0.1) is 10.0 Å². The number of nitrogens with zero attached hydrogens (tertiary/aromatic N) is 1. The second kappa shape index (κ2) is 5.42. The number of amides is 1. The molecule has 0 aliphatic heterocycles. The highest BCUT2D eigenvalue weighted by atomic mass is 35.5. The van der Waals surface area contributed by atoms with Crippen molar-refractivity contribution in [1.29, 1.82) is 0 Å². The van der Waals surface area contributed by atoms with E-state index in [0.717, 1.165) is 6.07 Å². The average Bonchev–Trinajstić information content (AvgIpc) is 2.36.